The van der Waals surface area contributed by atoms with E-state index in [-0.39, 0.29) is 17.8 Å². The first-order chi connectivity index (χ1) is 11.8. The molecule has 2 atom stereocenters. The molecule has 1 aliphatic carbocycles. The zero-order valence-corrected chi connectivity index (χ0v) is 15.2. The molecule has 136 valence electrons. The first-order valence-electron chi connectivity index (χ1n) is 8.46. The highest BCUT2D eigenvalue weighted by atomic mass is 16.5. The van der Waals surface area contributed by atoms with Crippen LogP contribution in [0.4, 0.5) is 0 Å². The molecule has 25 heavy (non-hydrogen) atoms. The average Bonchev–Trinajstić information content (AvgIpc) is 2.90. The summed E-state index contributed by atoms with van der Waals surface area (Å²) in [5.74, 6) is -0.420. The van der Waals surface area contributed by atoms with E-state index in [0.29, 0.717) is 35.4 Å². The van der Waals surface area contributed by atoms with E-state index in [4.69, 9.17) is 9.47 Å². The highest BCUT2D eigenvalue weighted by molar-refractivity contribution is 6.01. The number of nitrogens with one attached hydrogen (secondary N) is 1. The fourth-order valence-corrected chi connectivity index (χ4v) is 3.16. The zero-order chi connectivity index (χ0) is 18.6. The molecular formula is C19H25NO5. The number of Topliss-reactive ketones (excluding diaryl/α,β-unsaturated/α-hetero) is 1. The van der Waals surface area contributed by atoms with Crippen LogP contribution in [0, 0.1) is 18.8 Å². The molecule has 0 bridgehead atoms. The van der Waals surface area contributed by atoms with Crippen molar-refractivity contribution in [2.75, 3.05) is 13.7 Å². The summed E-state index contributed by atoms with van der Waals surface area (Å²) < 4.78 is 10.2. The first-order valence-corrected chi connectivity index (χ1v) is 8.46. The van der Waals surface area contributed by atoms with Gasteiger partial charge in [-0.15, -0.1) is 0 Å². The Bertz CT molecular complexity index is 701. The van der Waals surface area contributed by atoms with Gasteiger partial charge in [-0.2, -0.15) is 0 Å². The number of ketones is 1. The molecule has 1 heterocycles. The maximum atomic E-state index is 12.2. The molecule has 0 fully saturated rings. The average molecular weight is 347 g/mol. The van der Waals surface area contributed by atoms with E-state index in [1.54, 1.807) is 6.92 Å². The van der Waals surface area contributed by atoms with E-state index in [2.05, 4.69) is 24.1 Å². The fraction of sp³-hybridized carbons (Fsp3) is 0.526. The molecule has 1 N–H and O–H groups in total. The molecule has 0 saturated carbocycles. The van der Waals surface area contributed by atoms with Crippen molar-refractivity contribution in [2.24, 2.45) is 11.8 Å². The van der Waals surface area contributed by atoms with Gasteiger partial charge in [-0.25, -0.2) is 4.79 Å². The standard InChI is InChI=1S/C19H25NO5/c1-11-7-5-6-8-14(11)10-25-16(22)9-15-17(19(23)24-4)12(2)18(20-15)13(3)21/h5-6,11,14,20H,7-10H2,1-4H3/t11-,14-/m1/s1. The number of carbonyl (C=O) groups is 3. The van der Waals surface area contributed by atoms with Crippen LogP contribution >= 0.6 is 0 Å². The maximum Gasteiger partial charge on any atom is 0.339 e. The summed E-state index contributed by atoms with van der Waals surface area (Å²) in [7, 11) is 1.27. The lowest BCUT2D eigenvalue weighted by atomic mass is 9.85. The third-order valence-electron chi connectivity index (χ3n) is 4.77. The minimum Gasteiger partial charge on any atom is -0.465 e. The molecule has 0 aliphatic heterocycles. The predicted molar refractivity (Wildman–Crippen MR) is 92.6 cm³/mol. The van der Waals surface area contributed by atoms with Crippen molar-refractivity contribution in [1.82, 2.24) is 4.98 Å². The number of rotatable bonds is 6. The Hall–Kier alpha value is -2.37. The molecular weight excluding hydrogens is 322 g/mol. The Balaban J connectivity index is 2.09. The van der Waals surface area contributed by atoms with Gasteiger partial charge in [-0.1, -0.05) is 19.1 Å². The van der Waals surface area contributed by atoms with Crippen LogP contribution in [0.3, 0.4) is 0 Å². The van der Waals surface area contributed by atoms with Crippen molar-refractivity contribution in [3.63, 3.8) is 0 Å². The molecule has 0 saturated heterocycles. The molecule has 0 spiro atoms. The quantitative estimate of drug-likeness (QED) is 0.486. The lowest BCUT2D eigenvalue weighted by Gasteiger charge is -2.24. The van der Waals surface area contributed by atoms with Crippen molar-refractivity contribution in [2.45, 2.75) is 40.0 Å². The lowest BCUT2D eigenvalue weighted by molar-refractivity contribution is -0.144. The lowest BCUT2D eigenvalue weighted by Crippen LogP contribution is -2.22. The summed E-state index contributed by atoms with van der Waals surface area (Å²) in [6.45, 7) is 5.56. The molecule has 0 amide bonds. The number of hydrogen-bond donors (Lipinski definition) is 1. The molecule has 1 aliphatic rings. The van der Waals surface area contributed by atoms with E-state index >= 15 is 0 Å². The second-order valence-corrected chi connectivity index (χ2v) is 6.57. The number of aromatic amines is 1. The predicted octanol–water partition coefficient (Wildman–Crippen LogP) is 3.00. The van der Waals surface area contributed by atoms with Gasteiger partial charge >= 0.3 is 11.9 Å². The summed E-state index contributed by atoms with van der Waals surface area (Å²) in [4.78, 5) is 38.8. The van der Waals surface area contributed by atoms with E-state index in [9.17, 15) is 14.4 Å². The van der Waals surface area contributed by atoms with Gasteiger partial charge in [0, 0.05) is 12.6 Å². The second-order valence-electron chi connectivity index (χ2n) is 6.57. The number of ether oxygens (including phenoxy) is 2. The monoisotopic (exact) mass is 347 g/mol. The summed E-state index contributed by atoms with van der Waals surface area (Å²) in [5.41, 5.74) is 1.40. The van der Waals surface area contributed by atoms with Gasteiger partial charge in [0.15, 0.2) is 5.78 Å². The summed E-state index contributed by atoms with van der Waals surface area (Å²) in [6, 6.07) is 0. The molecule has 6 nitrogen and oxygen atoms in total. The second kappa shape index (κ2) is 8.14. The fourth-order valence-electron chi connectivity index (χ4n) is 3.16. The van der Waals surface area contributed by atoms with Crippen LogP contribution in [0.1, 0.15) is 58.8 Å². The van der Waals surface area contributed by atoms with Crippen molar-refractivity contribution >= 4 is 17.7 Å². The summed E-state index contributed by atoms with van der Waals surface area (Å²) in [5, 5.41) is 0. The minimum absolute atomic E-state index is 0.102. The van der Waals surface area contributed by atoms with Crippen LogP contribution in [0.25, 0.3) is 0 Å². The zero-order valence-electron chi connectivity index (χ0n) is 15.2. The highest BCUT2D eigenvalue weighted by Crippen LogP contribution is 2.25. The van der Waals surface area contributed by atoms with Crippen LogP contribution < -0.4 is 0 Å². The molecule has 1 aromatic heterocycles. The Morgan fingerprint density at radius 3 is 2.52 bits per heavy atom. The number of methoxy groups -OCH3 is 1. The van der Waals surface area contributed by atoms with Gasteiger partial charge in [0.1, 0.15) is 0 Å². The first kappa shape index (κ1) is 19.0. The van der Waals surface area contributed by atoms with Crippen LogP contribution in [0.15, 0.2) is 12.2 Å². The van der Waals surface area contributed by atoms with E-state index in [0.717, 1.165) is 12.8 Å². The van der Waals surface area contributed by atoms with Gasteiger partial charge in [0.25, 0.3) is 0 Å². The van der Waals surface area contributed by atoms with Crippen LogP contribution in [-0.2, 0) is 20.7 Å². The number of H-pyrrole nitrogens is 1. The van der Waals surface area contributed by atoms with Gasteiger partial charge < -0.3 is 14.5 Å². The van der Waals surface area contributed by atoms with Gasteiger partial charge in [0.05, 0.1) is 31.4 Å². The number of carbonyl (C=O) groups excluding carboxylic acids is 3. The highest BCUT2D eigenvalue weighted by Gasteiger charge is 2.25. The SMILES string of the molecule is COC(=O)c1c(CC(=O)OC[C@H]2CC=CC[C@H]2C)[nH]c(C(C)=O)c1C. The summed E-state index contributed by atoms with van der Waals surface area (Å²) >= 11 is 0. The Kier molecular flexibility index (Phi) is 6.17. The summed E-state index contributed by atoms with van der Waals surface area (Å²) in [6.07, 6.45) is 6.05. The van der Waals surface area contributed by atoms with E-state index in [1.165, 1.54) is 14.0 Å². The maximum absolute atomic E-state index is 12.2. The minimum atomic E-state index is -0.574. The molecule has 0 aromatic carbocycles. The number of aromatic nitrogens is 1. The number of hydrogen-bond acceptors (Lipinski definition) is 5. The number of esters is 2. The van der Waals surface area contributed by atoms with Crippen molar-refractivity contribution in [1.29, 1.82) is 0 Å². The Morgan fingerprint density at radius 1 is 1.24 bits per heavy atom. The van der Waals surface area contributed by atoms with Crippen molar-refractivity contribution in [3.8, 4) is 0 Å². The van der Waals surface area contributed by atoms with E-state index < -0.39 is 11.9 Å². The van der Waals surface area contributed by atoms with Crippen LogP contribution in [-0.4, -0.2) is 36.4 Å². The van der Waals surface area contributed by atoms with Crippen LogP contribution in [0.2, 0.25) is 0 Å². The molecule has 0 radical (unpaired) electrons. The van der Waals surface area contributed by atoms with Crippen LogP contribution in [0.5, 0.6) is 0 Å². The van der Waals surface area contributed by atoms with E-state index in [1.807, 2.05) is 0 Å². The molecule has 0 unspecified atom stereocenters. The topological polar surface area (TPSA) is 85.5 Å². The Morgan fingerprint density at radius 2 is 1.92 bits per heavy atom. The van der Waals surface area contributed by atoms with Gasteiger partial charge in [-0.05, 0) is 37.2 Å². The molecule has 6 heteroatoms. The van der Waals surface area contributed by atoms with Crippen molar-refractivity contribution in [3.05, 3.63) is 34.7 Å². The van der Waals surface area contributed by atoms with Gasteiger partial charge in [-0.3, -0.25) is 9.59 Å². The largest absolute Gasteiger partial charge is 0.465 e. The van der Waals surface area contributed by atoms with Gasteiger partial charge in [0.2, 0.25) is 0 Å². The van der Waals surface area contributed by atoms with Crippen molar-refractivity contribution < 1.29 is 23.9 Å². The number of allylic oxidation sites excluding steroid dienone is 2. The third-order valence-corrected chi connectivity index (χ3v) is 4.77. The third kappa shape index (κ3) is 4.38. The molecule has 2 rings (SSSR count). The molecule has 1 aromatic rings. The smallest absolute Gasteiger partial charge is 0.339 e. The Labute approximate surface area is 147 Å². The normalized spacial score (nSPS) is 19.5.